The minimum absolute atomic E-state index is 0.452. The zero-order chi connectivity index (χ0) is 9.97. The van der Waals surface area contributed by atoms with Gasteiger partial charge in [0.1, 0.15) is 5.75 Å². The smallest absolute Gasteiger partial charge is 0.118 e. The molecule has 0 aliphatic heterocycles. The van der Waals surface area contributed by atoms with Gasteiger partial charge in [-0.15, -0.1) is 0 Å². The predicted octanol–water partition coefficient (Wildman–Crippen LogP) is 2.28. The molecule has 3 nitrogen and oxygen atoms in total. The number of rotatable bonds is 3. The third kappa shape index (κ3) is 1.71. The quantitative estimate of drug-likeness (QED) is 0.452. The number of nitrogens with zero attached hydrogens (tertiary/aromatic N) is 1. The first-order valence-corrected chi connectivity index (χ1v) is 4.71. The summed E-state index contributed by atoms with van der Waals surface area (Å²) in [5.41, 5.74) is 1.78. The summed E-state index contributed by atoms with van der Waals surface area (Å²) in [6.07, 6.45) is 2.26. The van der Waals surface area contributed by atoms with Gasteiger partial charge >= 0.3 is 0 Å². The van der Waals surface area contributed by atoms with Gasteiger partial charge in [-0.05, 0) is 42.7 Å². The molecule has 0 aromatic heterocycles. The number of methoxy groups -OCH3 is 1. The van der Waals surface area contributed by atoms with Crippen LogP contribution in [0.1, 0.15) is 18.4 Å². The number of benzene rings is 1. The minimum atomic E-state index is 0.452. The van der Waals surface area contributed by atoms with Gasteiger partial charge in [-0.3, -0.25) is 0 Å². The van der Waals surface area contributed by atoms with E-state index >= 15 is 0 Å². The molecule has 0 radical (unpaired) electrons. The first-order chi connectivity index (χ1) is 6.85. The Labute approximate surface area is 83.0 Å². The Bertz CT molecular complexity index is 339. The summed E-state index contributed by atoms with van der Waals surface area (Å²) >= 11 is 0. The molecule has 0 unspecified atom stereocenters. The molecule has 2 rings (SSSR count). The maximum atomic E-state index is 8.87. The highest BCUT2D eigenvalue weighted by molar-refractivity contribution is 6.03. The molecule has 1 aliphatic carbocycles. The van der Waals surface area contributed by atoms with Crippen molar-refractivity contribution in [1.82, 2.24) is 0 Å². The van der Waals surface area contributed by atoms with Gasteiger partial charge in [0.05, 0.1) is 12.8 Å². The second kappa shape index (κ2) is 3.70. The van der Waals surface area contributed by atoms with Crippen molar-refractivity contribution in [3.8, 4) is 5.75 Å². The van der Waals surface area contributed by atoms with E-state index in [0.717, 1.165) is 29.9 Å². The normalized spacial score (nSPS) is 16.8. The molecular formula is C11H13NO2. The van der Waals surface area contributed by atoms with E-state index < -0.39 is 0 Å². The van der Waals surface area contributed by atoms with Crippen LogP contribution in [0.5, 0.6) is 5.75 Å². The lowest BCUT2D eigenvalue weighted by Gasteiger charge is -2.03. The van der Waals surface area contributed by atoms with Crippen molar-refractivity contribution < 1.29 is 9.94 Å². The Morgan fingerprint density at radius 2 is 2.00 bits per heavy atom. The van der Waals surface area contributed by atoms with Crippen LogP contribution in [0.15, 0.2) is 29.4 Å². The van der Waals surface area contributed by atoms with Crippen molar-refractivity contribution >= 4 is 5.71 Å². The van der Waals surface area contributed by atoms with E-state index in [0.29, 0.717) is 5.92 Å². The standard InChI is InChI=1S/C11H13NO2/c1-14-10-6-4-9(5-7-10)11(12-13)8-2-3-8/h4-8,13H,2-3H2,1H3/b12-11+. The van der Waals surface area contributed by atoms with Crippen LogP contribution in [-0.2, 0) is 0 Å². The summed E-state index contributed by atoms with van der Waals surface area (Å²) in [6, 6.07) is 7.60. The Hall–Kier alpha value is -1.51. The number of hydrogen-bond acceptors (Lipinski definition) is 3. The van der Waals surface area contributed by atoms with Gasteiger partial charge in [0.2, 0.25) is 0 Å². The zero-order valence-electron chi connectivity index (χ0n) is 8.10. The lowest BCUT2D eigenvalue weighted by atomic mass is 10.1. The highest BCUT2D eigenvalue weighted by atomic mass is 16.5. The molecule has 1 saturated carbocycles. The van der Waals surface area contributed by atoms with Gasteiger partial charge in [0.25, 0.3) is 0 Å². The van der Waals surface area contributed by atoms with Gasteiger partial charge in [-0.1, -0.05) is 5.16 Å². The second-order valence-electron chi connectivity index (χ2n) is 3.49. The lowest BCUT2D eigenvalue weighted by molar-refractivity contribution is 0.317. The molecule has 1 N–H and O–H groups in total. The maximum absolute atomic E-state index is 8.87. The molecule has 14 heavy (non-hydrogen) atoms. The van der Waals surface area contributed by atoms with Crippen LogP contribution in [0.4, 0.5) is 0 Å². The molecule has 0 amide bonds. The Balaban J connectivity index is 2.22. The molecule has 1 aromatic rings. The number of hydrogen-bond donors (Lipinski definition) is 1. The molecular weight excluding hydrogens is 178 g/mol. The first-order valence-electron chi connectivity index (χ1n) is 4.71. The molecule has 1 fully saturated rings. The lowest BCUT2D eigenvalue weighted by Crippen LogP contribution is -2.03. The highest BCUT2D eigenvalue weighted by Gasteiger charge is 2.28. The fourth-order valence-corrected chi connectivity index (χ4v) is 1.49. The van der Waals surface area contributed by atoms with Crippen molar-refractivity contribution in [1.29, 1.82) is 0 Å². The van der Waals surface area contributed by atoms with E-state index in [2.05, 4.69) is 5.16 Å². The summed E-state index contributed by atoms with van der Waals surface area (Å²) in [6.45, 7) is 0. The van der Waals surface area contributed by atoms with Crippen molar-refractivity contribution in [2.45, 2.75) is 12.8 Å². The van der Waals surface area contributed by atoms with E-state index in [1.54, 1.807) is 7.11 Å². The highest BCUT2D eigenvalue weighted by Crippen LogP contribution is 2.33. The van der Waals surface area contributed by atoms with Crippen LogP contribution < -0.4 is 4.74 Å². The predicted molar refractivity (Wildman–Crippen MR) is 54.0 cm³/mol. The largest absolute Gasteiger partial charge is 0.497 e. The van der Waals surface area contributed by atoms with Gasteiger partial charge in [0, 0.05) is 5.92 Å². The van der Waals surface area contributed by atoms with Crippen LogP contribution >= 0.6 is 0 Å². The second-order valence-corrected chi connectivity index (χ2v) is 3.49. The third-order valence-electron chi connectivity index (χ3n) is 2.46. The average molecular weight is 191 g/mol. The summed E-state index contributed by atoms with van der Waals surface area (Å²) in [7, 11) is 1.64. The Morgan fingerprint density at radius 3 is 2.43 bits per heavy atom. The SMILES string of the molecule is COc1ccc(/C(=N/O)C2CC2)cc1. The molecule has 0 heterocycles. The number of oxime groups is 1. The van der Waals surface area contributed by atoms with Gasteiger partial charge in [-0.2, -0.15) is 0 Å². The topological polar surface area (TPSA) is 41.8 Å². The van der Waals surface area contributed by atoms with Crippen LogP contribution in [0.3, 0.4) is 0 Å². The summed E-state index contributed by atoms with van der Waals surface area (Å²) < 4.78 is 5.06. The maximum Gasteiger partial charge on any atom is 0.118 e. The monoisotopic (exact) mass is 191 g/mol. The summed E-state index contributed by atoms with van der Waals surface area (Å²) in [5, 5.41) is 12.2. The third-order valence-corrected chi connectivity index (χ3v) is 2.46. The summed E-state index contributed by atoms with van der Waals surface area (Å²) in [5.74, 6) is 1.27. The van der Waals surface area contributed by atoms with E-state index in [1.807, 2.05) is 24.3 Å². The van der Waals surface area contributed by atoms with Gasteiger partial charge < -0.3 is 9.94 Å². The van der Waals surface area contributed by atoms with E-state index in [1.165, 1.54) is 0 Å². The molecule has 0 bridgehead atoms. The van der Waals surface area contributed by atoms with Crippen LogP contribution in [0.25, 0.3) is 0 Å². The Morgan fingerprint density at radius 1 is 1.36 bits per heavy atom. The molecule has 1 aromatic carbocycles. The number of ether oxygens (including phenoxy) is 1. The van der Waals surface area contributed by atoms with E-state index in [-0.39, 0.29) is 0 Å². The van der Waals surface area contributed by atoms with Crippen molar-refractivity contribution in [2.75, 3.05) is 7.11 Å². The van der Waals surface area contributed by atoms with E-state index in [4.69, 9.17) is 9.94 Å². The average Bonchev–Trinajstić information content (AvgIpc) is 3.04. The molecule has 74 valence electrons. The van der Waals surface area contributed by atoms with E-state index in [9.17, 15) is 0 Å². The van der Waals surface area contributed by atoms with Gasteiger partial charge in [0.15, 0.2) is 0 Å². The fourth-order valence-electron chi connectivity index (χ4n) is 1.49. The summed E-state index contributed by atoms with van der Waals surface area (Å²) in [4.78, 5) is 0. The molecule has 0 atom stereocenters. The van der Waals surface area contributed by atoms with Crippen molar-refractivity contribution in [2.24, 2.45) is 11.1 Å². The zero-order valence-corrected chi connectivity index (χ0v) is 8.10. The molecule has 1 aliphatic rings. The van der Waals surface area contributed by atoms with Crippen LogP contribution in [0, 0.1) is 5.92 Å². The van der Waals surface area contributed by atoms with Crippen LogP contribution in [-0.4, -0.2) is 18.0 Å². The fraction of sp³-hybridized carbons (Fsp3) is 0.364. The Kier molecular flexibility index (Phi) is 2.39. The minimum Gasteiger partial charge on any atom is -0.497 e. The van der Waals surface area contributed by atoms with Crippen molar-refractivity contribution in [3.05, 3.63) is 29.8 Å². The van der Waals surface area contributed by atoms with Crippen LogP contribution in [0.2, 0.25) is 0 Å². The molecule has 0 saturated heterocycles. The van der Waals surface area contributed by atoms with Crippen molar-refractivity contribution in [3.63, 3.8) is 0 Å². The first kappa shape index (κ1) is 9.06. The molecule has 3 heteroatoms. The molecule has 0 spiro atoms. The van der Waals surface area contributed by atoms with Gasteiger partial charge in [-0.25, -0.2) is 0 Å².